The first-order chi connectivity index (χ1) is 7.59. The molecule has 88 valence electrons. The number of thioether (sulfide) groups is 1. The fraction of sp³-hybridized carbons (Fsp3) is 0.545. The smallest absolute Gasteiger partial charge is 0.140 e. The number of anilines is 2. The van der Waals surface area contributed by atoms with Gasteiger partial charge in [0.15, 0.2) is 0 Å². The first-order valence-corrected chi connectivity index (χ1v) is 7.16. The molecule has 1 aliphatic heterocycles. The lowest BCUT2D eigenvalue weighted by molar-refractivity contribution is 0.633. The summed E-state index contributed by atoms with van der Waals surface area (Å²) in [4.78, 5) is 4.28. The van der Waals surface area contributed by atoms with Gasteiger partial charge in [-0.05, 0) is 47.5 Å². The molecular formula is C11H16BrN3S. The molecule has 1 atom stereocenters. The van der Waals surface area contributed by atoms with Crippen molar-refractivity contribution in [3.8, 4) is 0 Å². The summed E-state index contributed by atoms with van der Waals surface area (Å²) >= 11 is 5.51. The van der Waals surface area contributed by atoms with Crippen LogP contribution in [0.25, 0.3) is 0 Å². The van der Waals surface area contributed by atoms with Gasteiger partial charge in [-0.25, -0.2) is 4.98 Å². The van der Waals surface area contributed by atoms with Gasteiger partial charge in [0.05, 0.1) is 16.4 Å². The van der Waals surface area contributed by atoms with Crippen LogP contribution in [0.2, 0.25) is 0 Å². The predicted octanol–water partition coefficient (Wildman–Crippen LogP) is 3.12. The third-order valence-corrected chi connectivity index (χ3v) is 4.94. The Balaban J connectivity index is 1.99. The van der Waals surface area contributed by atoms with E-state index in [4.69, 9.17) is 5.73 Å². The molecule has 0 aromatic carbocycles. The van der Waals surface area contributed by atoms with Crippen molar-refractivity contribution in [2.75, 3.05) is 23.3 Å². The highest BCUT2D eigenvalue weighted by atomic mass is 79.9. The maximum Gasteiger partial charge on any atom is 0.140 e. The summed E-state index contributed by atoms with van der Waals surface area (Å²) in [6.45, 7) is 3.26. The van der Waals surface area contributed by atoms with Crippen molar-refractivity contribution in [2.24, 2.45) is 0 Å². The van der Waals surface area contributed by atoms with Crippen LogP contribution >= 0.6 is 27.7 Å². The molecule has 0 aliphatic carbocycles. The van der Waals surface area contributed by atoms with Crippen molar-refractivity contribution in [3.63, 3.8) is 0 Å². The quantitative estimate of drug-likeness (QED) is 0.900. The molecule has 0 amide bonds. The van der Waals surface area contributed by atoms with E-state index < -0.39 is 0 Å². The van der Waals surface area contributed by atoms with E-state index >= 15 is 0 Å². The first kappa shape index (κ1) is 12.0. The summed E-state index contributed by atoms with van der Waals surface area (Å²) in [5, 5.41) is 3.39. The second-order valence-electron chi connectivity index (χ2n) is 4.35. The summed E-state index contributed by atoms with van der Waals surface area (Å²) in [5.74, 6) is 2.15. The van der Waals surface area contributed by atoms with Crippen molar-refractivity contribution in [1.29, 1.82) is 0 Å². The topological polar surface area (TPSA) is 50.9 Å². The van der Waals surface area contributed by atoms with Crippen molar-refractivity contribution in [2.45, 2.75) is 24.5 Å². The molecule has 3 N–H and O–H groups in total. The second-order valence-corrected chi connectivity index (χ2v) is 6.89. The third kappa shape index (κ3) is 2.83. The highest BCUT2D eigenvalue weighted by Gasteiger charge is 2.29. The highest BCUT2D eigenvalue weighted by molar-refractivity contribution is 9.10. The summed E-state index contributed by atoms with van der Waals surface area (Å²) in [6.07, 6.45) is 4.27. The number of nitrogens with zero attached hydrogens (tertiary/aromatic N) is 1. The molecule has 0 spiro atoms. The molecule has 0 radical (unpaired) electrons. The van der Waals surface area contributed by atoms with Crippen LogP contribution in [-0.4, -0.2) is 22.0 Å². The zero-order valence-corrected chi connectivity index (χ0v) is 11.7. The van der Waals surface area contributed by atoms with Crippen LogP contribution in [0.15, 0.2) is 16.7 Å². The van der Waals surface area contributed by atoms with Crippen LogP contribution in [0.5, 0.6) is 0 Å². The molecule has 16 heavy (non-hydrogen) atoms. The van der Waals surface area contributed by atoms with E-state index in [0.717, 1.165) is 16.8 Å². The minimum atomic E-state index is 0.350. The molecular weight excluding hydrogens is 286 g/mol. The summed E-state index contributed by atoms with van der Waals surface area (Å²) < 4.78 is 1.28. The third-order valence-electron chi connectivity index (χ3n) is 2.79. The van der Waals surface area contributed by atoms with Crippen LogP contribution < -0.4 is 11.1 Å². The molecule has 1 aliphatic rings. The summed E-state index contributed by atoms with van der Waals surface area (Å²) in [6, 6.07) is 1.87. The molecule has 2 rings (SSSR count). The molecule has 1 saturated heterocycles. The minimum Gasteiger partial charge on any atom is -0.397 e. The van der Waals surface area contributed by atoms with Gasteiger partial charge in [0.2, 0.25) is 0 Å². The Morgan fingerprint density at radius 2 is 2.50 bits per heavy atom. The SMILES string of the molecule is CC1(CNc2ncc(N)cc2Br)CCCS1. The van der Waals surface area contributed by atoms with Crippen LogP contribution in [-0.2, 0) is 0 Å². The maximum atomic E-state index is 5.65. The van der Waals surface area contributed by atoms with Crippen molar-refractivity contribution in [3.05, 3.63) is 16.7 Å². The average Bonchev–Trinajstić information content (AvgIpc) is 2.64. The Bertz CT molecular complexity index is 377. The molecule has 1 aromatic rings. The number of hydrogen-bond acceptors (Lipinski definition) is 4. The van der Waals surface area contributed by atoms with Gasteiger partial charge < -0.3 is 11.1 Å². The fourth-order valence-corrected chi connectivity index (χ4v) is 3.58. The number of pyridine rings is 1. The van der Waals surface area contributed by atoms with Crippen LogP contribution in [0.3, 0.4) is 0 Å². The predicted molar refractivity (Wildman–Crippen MR) is 74.9 cm³/mol. The second kappa shape index (κ2) is 4.84. The van der Waals surface area contributed by atoms with Crippen molar-refractivity contribution < 1.29 is 0 Å². The number of halogens is 1. The zero-order valence-electron chi connectivity index (χ0n) is 9.29. The lowest BCUT2D eigenvalue weighted by atomic mass is 10.1. The van der Waals surface area contributed by atoms with E-state index in [-0.39, 0.29) is 0 Å². The number of rotatable bonds is 3. The van der Waals surface area contributed by atoms with Gasteiger partial charge in [-0.1, -0.05) is 0 Å². The molecule has 0 saturated carbocycles. The maximum absolute atomic E-state index is 5.65. The fourth-order valence-electron chi connectivity index (χ4n) is 1.83. The van der Waals surface area contributed by atoms with Gasteiger partial charge in [-0.3, -0.25) is 0 Å². The Morgan fingerprint density at radius 1 is 1.69 bits per heavy atom. The standard InChI is InChI=1S/C11H16BrN3S/c1-11(3-2-4-16-11)7-15-10-9(12)5-8(13)6-14-10/h5-6H,2-4,7,13H2,1H3,(H,14,15). The van der Waals surface area contributed by atoms with Gasteiger partial charge in [-0.2, -0.15) is 11.8 Å². The molecule has 1 fully saturated rings. The molecule has 3 nitrogen and oxygen atoms in total. The van der Waals surface area contributed by atoms with Gasteiger partial charge in [0.25, 0.3) is 0 Å². The van der Waals surface area contributed by atoms with E-state index in [1.807, 2.05) is 17.8 Å². The number of nitrogens with two attached hydrogens (primary N) is 1. The Kier molecular flexibility index (Phi) is 3.64. The van der Waals surface area contributed by atoms with Crippen LogP contribution in [0, 0.1) is 0 Å². The lowest BCUT2D eigenvalue weighted by Crippen LogP contribution is -2.27. The lowest BCUT2D eigenvalue weighted by Gasteiger charge is -2.23. The Labute approximate surface area is 109 Å². The molecule has 2 heterocycles. The molecule has 1 aromatic heterocycles. The number of nitrogen functional groups attached to an aromatic ring is 1. The molecule has 5 heteroatoms. The van der Waals surface area contributed by atoms with Crippen molar-refractivity contribution >= 4 is 39.2 Å². The van der Waals surface area contributed by atoms with Crippen LogP contribution in [0.1, 0.15) is 19.8 Å². The summed E-state index contributed by atoms with van der Waals surface area (Å²) in [5.41, 5.74) is 6.33. The van der Waals surface area contributed by atoms with Gasteiger partial charge in [0, 0.05) is 11.3 Å². The number of nitrogens with one attached hydrogen (secondary N) is 1. The molecule has 0 bridgehead atoms. The summed E-state index contributed by atoms with van der Waals surface area (Å²) in [7, 11) is 0. The highest BCUT2D eigenvalue weighted by Crippen LogP contribution is 2.38. The van der Waals surface area contributed by atoms with Crippen molar-refractivity contribution in [1.82, 2.24) is 4.98 Å². The van der Waals surface area contributed by atoms with Gasteiger partial charge in [0.1, 0.15) is 5.82 Å². The first-order valence-electron chi connectivity index (χ1n) is 5.38. The monoisotopic (exact) mass is 301 g/mol. The largest absolute Gasteiger partial charge is 0.397 e. The van der Waals surface area contributed by atoms with E-state index in [1.165, 1.54) is 18.6 Å². The zero-order chi connectivity index (χ0) is 11.6. The number of aromatic nitrogens is 1. The minimum absolute atomic E-state index is 0.350. The average molecular weight is 302 g/mol. The number of hydrogen-bond donors (Lipinski definition) is 2. The van der Waals surface area contributed by atoms with Gasteiger partial charge >= 0.3 is 0 Å². The van der Waals surface area contributed by atoms with Gasteiger partial charge in [-0.15, -0.1) is 0 Å². The molecule has 1 unspecified atom stereocenters. The van der Waals surface area contributed by atoms with E-state index in [2.05, 4.69) is 33.2 Å². The Hall–Kier alpha value is -0.420. The normalized spacial score (nSPS) is 24.6. The Morgan fingerprint density at radius 3 is 3.12 bits per heavy atom. The van der Waals surface area contributed by atoms with Crippen LogP contribution in [0.4, 0.5) is 11.5 Å². The van der Waals surface area contributed by atoms with E-state index in [9.17, 15) is 0 Å². The van der Waals surface area contributed by atoms with E-state index in [1.54, 1.807) is 6.20 Å². The van der Waals surface area contributed by atoms with E-state index in [0.29, 0.717) is 10.4 Å².